The van der Waals surface area contributed by atoms with Crippen molar-refractivity contribution in [2.75, 3.05) is 19.0 Å². The Labute approximate surface area is 153 Å². The largest absolute Gasteiger partial charge is 0.496 e. The molecular weight excluding hydrogens is 364 g/mol. The minimum absolute atomic E-state index is 0.138. The highest BCUT2D eigenvalue weighted by Crippen LogP contribution is 2.60. The quantitative estimate of drug-likeness (QED) is 0.498. The molecule has 0 N–H and O–H groups in total. The summed E-state index contributed by atoms with van der Waals surface area (Å²) < 4.78 is 12.3. The zero-order valence-corrected chi connectivity index (χ0v) is 16.3. The molecule has 24 heavy (non-hydrogen) atoms. The molecule has 1 aromatic carbocycles. The molecule has 130 valence electrons. The molecular formula is C21H27BrO2. The molecule has 4 fully saturated rings. The maximum absolute atomic E-state index is 6.37. The van der Waals surface area contributed by atoms with Gasteiger partial charge in [0.1, 0.15) is 5.76 Å². The number of hydrogen-bond acceptors (Lipinski definition) is 2. The molecule has 0 heterocycles. The highest BCUT2D eigenvalue weighted by molar-refractivity contribution is 9.09. The number of benzene rings is 1. The average Bonchev–Trinajstić information content (AvgIpc) is 2.55. The van der Waals surface area contributed by atoms with E-state index in [2.05, 4.69) is 47.1 Å². The minimum Gasteiger partial charge on any atom is -0.496 e. The van der Waals surface area contributed by atoms with Crippen LogP contribution in [0.15, 0.2) is 29.8 Å². The van der Waals surface area contributed by atoms with Crippen LogP contribution in [-0.4, -0.2) is 24.6 Å². The summed E-state index contributed by atoms with van der Waals surface area (Å²) in [4.78, 5) is 0. The third-order valence-electron chi connectivity index (χ3n) is 6.24. The summed E-state index contributed by atoms with van der Waals surface area (Å²) in [5, 5.41) is 0.935. The standard InChI is InChI=1S/C21H27BrO2/c1-14-4-3-5-16(8-14)20(23-2)19-17-9-15-10-18(19)13-21(11-15,12-17)24-7-6-22/h3-5,8,15,17-18H,6-7,9-13H2,1-2H3. The van der Waals surface area contributed by atoms with E-state index in [1.54, 1.807) is 5.57 Å². The number of rotatable bonds is 5. The van der Waals surface area contributed by atoms with Gasteiger partial charge in [0.05, 0.1) is 19.3 Å². The highest BCUT2D eigenvalue weighted by Gasteiger charge is 2.54. The lowest BCUT2D eigenvalue weighted by Crippen LogP contribution is -2.53. The molecule has 0 spiro atoms. The van der Waals surface area contributed by atoms with Gasteiger partial charge >= 0.3 is 0 Å². The van der Waals surface area contributed by atoms with Crippen LogP contribution in [0.25, 0.3) is 5.76 Å². The predicted octanol–water partition coefficient (Wildman–Crippen LogP) is 5.34. The molecule has 4 aliphatic rings. The van der Waals surface area contributed by atoms with E-state index >= 15 is 0 Å². The van der Waals surface area contributed by atoms with Gasteiger partial charge in [-0.25, -0.2) is 0 Å². The molecule has 2 unspecified atom stereocenters. The molecule has 2 atom stereocenters. The van der Waals surface area contributed by atoms with E-state index in [9.17, 15) is 0 Å². The van der Waals surface area contributed by atoms with Crippen LogP contribution in [0.5, 0.6) is 0 Å². The molecule has 4 aliphatic carbocycles. The third kappa shape index (κ3) is 2.84. The maximum atomic E-state index is 6.37. The first-order valence-electron chi connectivity index (χ1n) is 9.19. The molecule has 4 saturated carbocycles. The summed E-state index contributed by atoms with van der Waals surface area (Å²) in [6.45, 7) is 2.99. The average molecular weight is 391 g/mol. The van der Waals surface area contributed by atoms with Gasteiger partial charge in [-0.1, -0.05) is 39.7 Å². The fourth-order valence-electron chi connectivity index (χ4n) is 5.71. The number of halogens is 1. The van der Waals surface area contributed by atoms with Crippen LogP contribution in [0.3, 0.4) is 0 Å². The second kappa shape index (κ2) is 6.49. The number of alkyl halides is 1. The van der Waals surface area contributed by atoms with Gasteiger partial charge in [0.15, 0.2) is 0 Å². The van der Waals surface area contributed by atoms with Crippen molar-refractivity contribution in [2.45, 2.75) is 44.6 Å². The first kappa shape index (κ1) is 16.7. The van der Waals surface area contributed by atoms with Gasteiger partial charge in [-0.05, 0) is 68.4 Å². The SMILES string of the molecule is COC(=C1C2CC3CC1CC(OCCBr)(C3)C2)c1cccc(C)c1. The van der Waals surface area contributed by atoms with Gasteiger partial charge < -0.3 is 9.47 Å². The van der Waals surface area contributed by atoms with Crippen LogP contribution in [0.1, 0.15) is 43.2 Å². The number of aryl methyl sites for hydroxylation is 1. The summed E-state index contributed by atoms with van der Waals surface area (Å²) in [6.07, 6.45) is 6.28. The molecule has 5 rings (SSSR count). The zero-order chi connectivity index (χ0) is 16.7. The first-order chi connectivity index (χ1) is 11.6. The van der Waals surface area contributed by atoms with Gasteiger partial charge in [-0.15, -0.1) is 0 Å². The lowest BCUT2D eigenvalue weighted by molar-refractivity contribution is -0.140. The van der Waals surface area contributed by atoms with Gasteiger partial charge in [-0.2, -0.15) is 0 Å². The van der Waals surface area contributed by atoms with Gasteiger partial charge in [-0.3, -0.25) is 0 Å². The molecule has 0 aliphatic heterocycles. The minimum atomic E-state index is 0.138. The van der Waals surface area contributed by atoms with Gasteiger partial charge in [0.25, 0.3) is 0 Å². The van der Waals surface area contributed by atoms with Crippen LogP contribution in [0.2, 0.25) is 0 Å². The van der Waals surface area contributed by atoms with Crippen LogP contribution >= 0.6 is 15.9 Å². The lowest BCUT2D eigenvalue weighted by atomic mass is 9.52. The number of allylic oxidation sites excluding steroid dienone is 1. The Morgan fingerprint density at radius 3 is 2.58 bits per heavy atom. The fraction of sp³-hybridized carbons (Fsp3) is 0.619. The van der Waals surface area contributed by atoms with Crippen molar-refractivity contribution < 1.29 is 9.47 Å². The van der Waals surface area contributed by atoms with E-state index in [1.165, 1.54) is 43.2 Å². The van der Waals surface area contributed by atoms with Crippen LogP contribution in [0.4, 0.5) is 0 Å². The molecule has 0 saturated heterocycles. The zero-order valence-electron chi connectivity index (χ0n) is 14.7. The van der Waals surface area contributed by atoms with Crippen molar-refractivity contribution >= 4 is 21.7 Å². The van der Waals surface area contributed by atoms with E-state index < -0.39 is 0 Å². The third-order valence-corrected chi connectivity index (χ3v) is 6.57. The molecule has 0 radical (unpaired) electrons. The van der Waals surface area contributed by atoms with Crippen molar-refractivity contribution in [1.29, 1.82) is 0 Å². The first-order valence-corrected chi connectivity index (χ1v) is 10.3. The molecule has 3 heteroatoms. The number of ether oxygens (including phenoxy) is 2. The second-order valence-corrected chi connectivity index (χ2v) is 8.72. The smallest absolute Gasteiger partial charge is 0.125 e. The van der Waals surface area contributed by atoms with E-state index in [1.807, 2.05) is 7.11 Å². The topological polar surface area (TPSA) is 18.5 Å². The molecule has 1 aromatic rings. The normalized spacial score (nSPS) is 33.8. The van der Waals surface area contributed by atoms with E-state index in [0.29, 0.717) is 11.8 Å². The second-order valence-electron chi connectivity index (χ2n) is 7.92. The Morgan fingerprint density at radius 1 is 1.21 bits per heavy atom. The van der Waals surface area contributed by atoms with E-state index in [0.717, 1.165) is 23.6 Å². The Balaban J connectivity index is 1.70. The van der Waals surface area contributed by atoms with Crippen LogP contribution in [0, 0.1) is 24.7 Å². The van der Waals surface area contributed by atoms with Crippen LogP contribution in [-0.2, 0) is 9.47 Å². The Kier molecular flexibility index (Phi) is 4.51. The Bertz CT molecular complexity index is 633. The lowest BCUT2D eigenvalue weighted by Gasteiger charge is -2.57. The van der Waals surface area contributed by atoms with Crippen LogP contribution < -0.4 is 0 Å². The monoisotopic (exact) mass is 390 g/mol. The number of methoxy groups -OCH3 is 1. The highest BCUT2D eigenvalue weighted by atomic mass is 79.9. The number of hydrogen-bond donors (Lipinski definition) is 0. The summed E-state index contributed by atoms with van der Waals surface area (Å²) in [5.74, 6) is 3.27. The van der Waals surface area contributed by atoms with Gasteiger partial charge in [0.2, 0.25) is 0 Å². The molecule has 2 nitrogen and oxygen atoms in total. The summed E-state index contributed by atoms with van der Waals surface area (Å²) in [7, 11) is 1.84. The molecule has 4 bridgehead atoms. The Hall–Kier alpha value is -0.800. The Morgan fingerprint density at radius 2 is 1.96 bits per heavy atom. The van der Waals surface area contributed by atoms with Crippen molar-refractivity contribution in [3.63, 3.8) is 0 Å². The predicted molar refractivity (Wildman–Crippen MR) is 101 cm³/mol. The fourth-order valence-corrected chi connectivity index (χ4v) is 5.87. The van der Waals surface area contributed by atoms with E-state index in [4.69, 9.17) is 9.47 Å². The summed E-state index contributed by atoms with van der Waals surface area (Å²) in [6, 6.07) is 8.75. The molecule has 0 aromatic heterocycles. The van der Waals surface area contributed by atoms with Crippen molar-refractivity contribution in [1.82, 2.24) is 0 Å². The maximum Gasteiger partial charge on any atom is 0.125 e. The van der Waals surface area contributed by atoms with Gasteiger partial charge in [0, 0.05) is 10.9 Å². The molecule has 0 amide bonds. The summed E-state index contributed by atoms with van der Waals surface area (Å²) >= 11 is 3.52. The van der Waals surface area contributed by atoms with Crippen molar-refractivity contribution in [3.05, 3.63) is 41.0 Å². The summed E-state index contributed by atoms with van der Waals surface area (Å²) in [5.41, 5.74) is 4.26. The van der Waals surface area contributed by atoms with E-state index in [-0.39, 0.29) is 5.60 Å². The van der Waals surface area contributed by atoms with Crippen molar-refractivity contribution in [2.24, 2.45) is 17.8 Å². The van der Waals surface area contributed by atoms with Crippen molar-refractivity contribution in [3.8, 4) is 0 Å².